The fourth-order valence-corrected chi connectivity index (χ4v) is 3.04. The molecule has 0 bridgehead atoms. The van der Waals surface area contributed by atoms with Gasteiger partial charge in [-0.1, -0.05) is 35.9 Å². The Morgan fingerprint density at radius 2 is 1.86 bits per heavy atom. The Kier molecular flexibility index (Phi) is 3.84. The van der Waals surface area contributed by atoms with Gasteiger partial charge in [-0.3, -0.25) is 0 Å². The van der Waals surface area contributed by atoms with E-state index in [1.807, 2.05) is 0 Å². The van der Waals surface area contributed by atoms with Gasteiger partial charge >= 0.3 is 0 Å². The molecule has 0 aliphatic carbocycles. The highest BCUT2D eigenvalue weighted by molar-refractivity contribution is 5.79. The largest absolute Gasteiger partial charge is 0.370 e. The van der Waals surface area contributed by atoms with Gasteiger partial charge in [0.25, 0.3) is 0 Å². The zero-order chi connectivity index (χ0) is 15.7. The van der Waals surface area contributed by atoms with Crippen molar-refractivity contribution in [2.45, 2.75) is 32.4 Å². The topological polar surface area (TPSA) is 50.4 Å². The normalized spacial score (nSPS) is 21.1. The Balaban J connectivity index is 1.90. The van der Waals surface area contributed by atoms with Crippen LogP contribution < -0.4 is 11.1 Å². The van der Waals surface area contributed by atoms with Crippen LogP contribution in [-0.2, 0) is 0 Å². The first-order valence-electron chi connectivity index (χ1n) is 7.45. The molecule has 3 rings (SSSR count). The van der Waals surface area contributed by atoms with Crippen molar-refractivity contribution in [2.75, 3.05) is 0 Å². The van der Waals surface area contributed by atoms with Gasteiger partial charge < -0.3 is 11.1 Å². The fourth-order valence-electron chi connectivity index (χ4n) is 3.04. The Morgan fingerprint density at radius 1 is 1.14 bits per heavy atom. The Labute approximate surface area is 130 Å². The quantitative estimate of drug-likeness (QED) is 0.891. The summed E-state index contributed by atoms with van der Waals surface area (Å²) < 4.78 is 13.1. The summed E-state index contributed by atoms with van der Waals surface area (Å²) in [6.45, 7) is 4.20. The molecule has 0 aromatic heterocycles. The van der Waals surface area contributed by atoms with Crippen molar-refractivity contribution in [2.24, 2.45) is 10.7 Å². The Hall–Kier alpha value is -2.36. The minimum Gasteiger partial charge on any atom is -0.370 e. The van der Waals surface area contributed by atoms with E-state index in [1.165, 1.54) is 28.8 Å². The number of guanidine groups is 1. The zero-order valence-corrected chi connectivity index (χ0v) is 12.8. The lowest BCUT2D eigenvalue weighted by Gasteiger charge is -2.30. The van der Waals surface area contributed by atoms with Gasteiger partial charge in [-0.25, -0.2) is 9.38 Å². The number of nitrogens with zero attached hydrogens (tertiary/aromatic N) is 1. The van der Waals surface area contributed by atoms with E-state index in [9.17, 15) is 4.39 Å². The number of aliphatic imine (C=N–C) groups is 1. The highest BCUT2D eigenvalue weighted by Gasteiger charge is 2.25. The van der Waals surface area contributed by atoms with E-state index in [1.54, 1.807) is 12.1 Å². The summed E-state index contributed by atoms with van der Waals surface area (Å²) in [7, 11) is 0. The van der Waals surface area contributed by atoms with Crippen molar-refractivity contribution >= 4 is 5.96 Å². The summed E-state index contributed by atoms with van der Waals surface area (Å²) in [6.07, 6.45) is 0.802. The number of hydrogen-bond acceptors (Lipinski definition) is 3. The summed E-state index contributed by atoms with van der Waals surface area (Å²) in [6, 6.07) is 13.0. The molecule has 0 radical (unpaired) electrons. The van der Waals surface area contributed by atoms with Crippen molar-refractivity contribution in [1.82, 2.24) is 5.32 Å². The molecule has 1 heterocycles. The average Bonchev–Trinajstić information content (AvgIpc) is 2.47. The third-order valence-electron chi connectivity index (χ3n) is 4.13. The van der Waals surface area contributed by atoms with Crippen LogP contribution in [0.2, 0.25) is 0 Å². The summed E-state index contributed by atoms with van der Waals surface area (Å²) in [5.41, 5.74) is 10.7. The predicted molar refractivity (Wildman–Crippen MR) is 87.2 cm³/mol. The zero-order valence-electron chi connectivity index (χ0n) is 12.8. The van der Waals surface area contributed by atoms with E-state index < -0.39 is 0 Å². The second-order valence-corrected chi connectivity index (χ2v) is 5.87. The number of nitrogens with one attached hydrogen (secondary N) is 1. The molecule has 0 spiro atoms. The molecule has 3 nitrogen and oxygen atoms in total. The van der Waals surface area contributed by atoms with E-state index in [-0.39, 0.29) is 17.9 Å². The van der Waals surface area contributed by atoms with Crippen molar-refractivity contribution in [3.05, 3.63) is 70.5 Å². The van der Waals surface area contributed by atoms with Crippen molar-refractivity contribution in [3.63, 3.8) is 0 Å². The molecule has 1 aliphatic heterocycles. The second-order valence-electron chi connectivity index (χ2n) is 5.87. The van der Waals surface area contributed by atoms with Gasteiger partial charge in [0, 0.05) is 0 Å². The van der Waals surface area contributed by atoms with Gasteiger partial charge in [-0.15, -0.1) is 0 Å². The lowest BCUT2D eigenvalue weighted by molar-refractivity contribution is 0.485. The van der Waals surface area contributed by atoms with Crippen LogP contribution >= 0.6 is 0 Å². The Bertz CT molecular complexity index is 707. The molecule has 2 unspecified atom stereocenters. The smallest absolute Gasteiger partial charge is 0.189 e. The molecular weight excluding hydrogens is 277 g/mol. The van der Waals surface area contributed by atoms with E-state index in [2.05, 4.69) is 42.4 Å². The summed E-state index contributed by atoms with van der Waals surface area (Å²) in [5, 5.41) is 3.26. The molecule has 1 aliphatic rings. The van der Waals surface area contributed by atoms with E-state index >= 15 is 0 Å². The highest BCUT2D eigenvalue weighted by atomic mass is 19.1. The van der Waals surface area contributed by atoms with Crippen molar-refractivity contribution in [1.29, 1.82) is 0 Å². The fraction of sp³-hybridized carbons (Fsp3) is 0.278. The van der Waals surface area contributed by atoms with Crippen LogP contribution in [0, 0.1) is 19.7 Å². The summed E-state index contributed by atoms with van der Waals surface area (Å²) in [4.78, 5) is 4.47. The standard InChI is InChI=1S/C18H20FN3/c1-11-3-8-15(12(2)9-11)17-10-16(21-18(20)22-17)13-4-6-14(19)7-5-13/h3-9,16-17H,10H2,1-2H3,(H3,20,21,22). The van der Waals surface area contributed by atoms with E-state index in [4.69, 9.17) is 5.73 Å². The molecule has 0 saturated heterocycles. The molecule has 3 N–H and O–H groups in total. The van der Waals surface area contributed by atoms with Gasteiger partial charge in [0.05, 0.1) is 12.1 Å². The molecular formula is C18H20FN3. The third kappa shape index (κ3) is 2.96. The molecule has 2 aromatic carbocycles. The maximum atomic E-state index is 13.1. The molecule has 22 heavy (non-hydrogen) atoms. The molecule has 0 amide bonds. The van der Waals surface area contributed by atoms with E-state index in [0.29, 0.717) is 5.96 Å². The predicted octanol–water partition coefficient (Wildman–Crippen LogP) is 3.53. The van der Waals surface area contributed by atoms with Gasteiger partial charge in [0.2, 0.25) is 0 Å². The van der Waals surface area contributed by atoms with Crippen LogP contribution in [0.5, 0.6) is 0 Å². The molecule has 2 atom stereocenters. The summed E-state index contributed by atoms with van der Waals surface area (Å²) >= 11 is 0. The molecule has 0 saturated carbocycles. The first-order valence-corrected chi connectivity index (χ1v) is 7.45. The van der Waals surface area contributed by atoms with Crippen LogP contribution in [0.15, 0.2) is 47.5 Å². The molecule has 2 aromatic rings. The van der Waals surface area contributed by atoms with Crippen molar-refractivity contribution in [3.8, 4) is 0 Å². The van der Waals surface area contributed by atoms with Gasteiger partial charge in [0.15, 0.2) is 5.96 Å². The van der Waals surface area contributed by atoms with Crippen LogP contribution in [0.4, 0.5) is 4.39 Å². The van der Waals surface area contributed by atoms with Crippen LogP contribution in [0.25, 0.3) is 0 Å². The van der Waals surface area contributed by atoms with Crippen LogP contribution in [0.1, 0.15) is 40.8 Å². The first kappa shape index (κ1) is 14.6. The minimum atomic E-state index is -0.236. The lowest BCUT2D eigenvalue weighted by Crippen LogP contribution is -2.39. The van der Waals surface area contributed by atoms with Crippen LogP contribution in [-0.4, -0.2) is 5.96 Å². The van der Waals surface area contributed by atoms with Crippen LogP contribution in [0.3, 0.4) is 0 Å². The number of rotatable bonds is 2. The number of benzene rings is 2. The van der Waals surface area contributed by atoms with Crippen molar-refractivity contribution < 1.29 is 4.39 Å². The second kappa shape index (κ2) is 5.79. The molecule has 4 heteroatoms. The average molecular weight is 297 g/mol. The minimum absolute atomic E-state index is 0.0486. The number of aryl methyl sites for hydroxylation is 2. The Morgan fingerprint density at radius 3 is 2.55 bits per heavy atom. The SMILES string of the molecule is Cc1ccc(C2CC(c3ccc(F)cc3)N=C(N)N2)c(C)c1. The number of hydrogen-bond donors (Lipinski definition) is 2. The number of nitrogens with two attached hydrogens (primary N) is 1. The van der Waals surface area contributed by atoms with Gasteiger partial charge in [0.1, 0.15) is 5.82 Å². The lowest BCUT2D eigenvalue weighted by atomic mass is 9.91. The van der Waals surface area contributed by atoms with Gasteiger partial charge in [-0.05, 0) is 49.1 Å². The molecule has 0 fully saturated rings. The van der Waals surface area contributed by atoms with Gasteiger partial charge in [-0.2, -0.15) is 0 Å². The monoisotopic (exact) mass is 297 g/mol. The first-order chi connectivity index (χ1) is 10.5. The summed E-state index contributed by atoms with van der Waals surface area (Å²) in [5.74, 6) is 0.200. The maximum Gasteiger partial charge on any atom is 0.189 e. The molecule has 114 valence electrons. The highest BCUT2D eigenvalue weighted by Crippen LogP contribution is 2.33. The van der Waals surface area contributed by atoms with E-state index in [0.717, 1.165) is 12.0 Å². The third-order valence-corrected chi connectivity index (χ3v) is 4.13. The number of halogens is 1. The maximum absolute atomic E-state index is 13.1.